The Labute approximate surface area is 120 Å². The number of aromatic nitrogens is 1. The minimum atomic E-state index is 0.630. The Hall–Kier alpha value is -1.54. The van der Waals surface area contributed by atoms with Crippen molar-refractivity contribution >= 4 is 11.6 Å². The molecule has 1 aromatic heterocycles. The van der Waals surface area contributed by atoms with Crippen LogP contribution in [0.2, 0.25) is 5.02 Å². The molecule has 0 radical (unpaired) electrons. The number of rotatable bonds is 3. The number of benzene rings is 1. The molecule has 0 unspecified atom stereocenters. The number of halogens is 1. The van der Waals surface area contributed by atoms with Crippen LogP contribution in [0, 0.1) is 6.92 Å². The number of hydrogen-bond donors (Lipinski definition) is 0. The fourth-order valence-corrected chi connectivity index (χ4v) is 1.73. The van der Waals surface area contributed by atoms with Crippen LogP contribution >= 0.6 is 11.6 Å². The van der Waals surface area contributed by atoms with Crippen molar-refractivity contribution in [2.45, 2.75) is 34.1 Å². The Balaban J connectivity index is 0.000000861. The van der Waals surface area contributed by atoms with E-state index in [9.17, 15) is 0 Å². The lowest BCUT2D eigenvalue weighted by atomic mass is 10.2. The van der Waals surface area contributed by atoms with Gasteiger partial charge < -0.3 is 4.74 Å². The monoisotopic (exact) mass is 277 g/mol. The van der Waals surface area contributed by atoms with Gasteiger partial charge in [-0.2, -0.15) is 0 Å². The third-order valence-corrected chi connectivity index (χ3v) is 2.81. The summed E-state index contributed by atoms with van der Waals surface area (Å²) in [5.74, 6) is 1.36. The molecule has 0 aliphatic rings. The maximum absolute atomic E-state index is 6.14. The molecule has 2 rings (SSSR count). The van der Waals surface area contributed by atoms with Crippen LogP contribution in [0.25, 0.3) is 0 Å². The highest BCUT2D eigenvalue weighted by atomic mass is 35.5. The van der Waals surface area contributed by atoms with Gasteiger partial charge in [0.05, 0.1) is 11.2 Å². The zero-order valence-electron chi connectivity index (χ0n) is 11.9. The van der Waals surface area contributed by atoms with E-state index in [0.717, 1.165) is 12.1 Å². The SMILES string of the molecule is CC.CCc1ccc(Oc2ccc(C)nc2)c(Cl)c1. The first-order chi connectivity index (χ1) is 9.19. The molecule has 1 aromatic carbocycles. The summed E-state index contributed by atoms with van der Waals surface area (Å²) in [6.45, 7) is 8.03. The number of nitrogens with zero attached hydrogens (tertiary/aromatic N) is 1. The van der Waals surface area contributed by atoms with E-state index in [4.69, 9.17) is 16.3 Å². The smallest absolute Gasteiger partial charge is 0.146 e. The Kier molecular flexibility index (Phi) is 6.37. The predicted octanol–water partition coefficient (Wildman–Crippen LogP) is 5.42. The van der Waals surface area contributed by atoms with Crippen molar-refractivity contribution in [3.05, 3.63) is 52.8 Å². The molecule has 0 bridgehead atoms. The van der Waals surface area contributed by atoms with E-state index in [1.54, 1.807) is 6.20 Å². The highest BCUT2D eigenvalue weighted by molar-refractivity contribution is 6.32. The molecule has 0 N–H and O–H groups in total. The van der Waals surface area contributed by atoms with E-state index in [0.29, 0.717) is 16.5 Å². The van der Waals surface area contributed by atoms with E-state index < -0.39 is 0 Å². The van der Waals surface area contributed by atoms with Crippen molar-refractivity contribution in [3.63, 3.8) is 0 Å². The topological polar surface area (TPSA) is 22.1 Å². The Morgan fingerprint density at radius 2 is 1.89 bits per heavy atom. The maximum Gasteiger partial charge on any atom is 0.146 e. The Bertz CT molecular complexity index is 509. The van der Waals surface area contributed by atoms with E-state index in [1.165, 1.54) is 5.56 Å². The van der Waals surface area contributed by atoms with Gasteiger partial charge >= 0.3 is 0 Å². The average Bonchev–Trinajstić information content (AvgIpc) is 2.45. The molecule has 0 saturated heterocycles. The van der Waals surface area contributed by atoms with Gasteiger partial charge in [-0.05, 0) is 43.2 Å². The largest absolute Gasteiger partial charge is 0.454 e. The van der Waals surface area contributed by atoms with E-state index in [2.05, 4.69) is 11.9 Å². The molecule has 1 heterocycles. The fourth-order valence-electron chi connectivity index (χ4n) is 1.49. The van der Waals surface area contributed by atoms with Gasteiger partial charge in [-0.1, -0.05) is 38.4 Å². The summed E-state index contributed by atoms with van der Waals surface area (Å²) in [7, 11) is 0. The first kappa shape index (κ1) is 15.5. The summed E-state index contributed by atoms with van der Waals surface area (Å²) in [6, 6.07) is 9.62. The van der Waals surface area contributed by atoms with E-state index >= 15 is 0 Å². The molecule has 102 valence electrons. The predicted molar refractivity (Wildman–Crippen MR) is 81.2 cm³/mol. The quantitative estimate of drug-likeness (QED) is 0.747. The molecule has 19 heavy (non-hydrogen) atoms. The van der Waals surface area contributed by atoms with Crippen LogP contribution in [0.15, 0.2) is 36.5 Å². The van der Waals surface area contributed by atoms with Crippen LogP contribution in [-0.2, 0) is 6.42 Å². The lowest BCUT2D eigenvalue weighted by Crippen LogP contribution is -1.89. The average molecular weight is 278 g/mol. The summed E-state index contributed by atoms with van der Waals surface area (Å²) in [5.41, 5.74) is 2.16. The summed E-state index contributed by atoms with van der Waals surface area (Å²) in [6.07, 6.45) is 2.66. The number of hydrogen-bond acceptors (Lipinski definition) is 2. The van der Waals surface area contributed by atoms with Crippen LogP contribution in [0.5, 0.6) is 11.5 Å². The van der Waals surface area contributed by atoms with Gasteiger partial charge in [-0.3, -0.25) is 4.98 Å². The first-order valence-electron chi connectivity index (χ1n) is 6.58. The van der Waals surface area contributed by atoms with Gasteiger partial charge in [-0.25, -0.2) is 0 Å². The van der Waals surface area contributed by atoms with Gasteiger partial charge in [0.2, 0.25) is 0 Å². The Morgan fingerprint density at radius 1 is 1.16 bits per heavy atom. The molecule has 0 aliphatic heterocycles. The molecule has 0 spiro atoms. The molecule has 2 aromatic rings. The van der Waals surface area contributed by atoms with Crippen LogP contribution in [0.1, 0.15) is 32.0 Å². The molecule has 3 heteroatoms. The molecule has 0 fully saturated rings. The normalized spacial score (nSPS) is 9.53. The number of pyridine rings is 1. The second-order valence-corrected chi connectivity index (χ2v) is 4.26. The van der Waals surface area contributed by atoms with Crippen molar-refractivity contribution in [2.24, 2.45) is 0 Å². The molecular formula is C16H20ClNO. The number of aryl methyl sites for hydroxylation is 2. The third kappa shape index (κ3) is 4.56. The van der Waals surface area contributed by atoms with Crippen molar-refractivity contribution in [2.75, 3.05) is 0 Å². The van der Waals surface area contributed by atoms with E-state index in [1.807, 2.05) is 51.1 Å². The second kappa shape index (κ2) is 7.80. The lowest BCUT2D eigenvalue weighted by Gasteiger charge is -2.08. The number of ether oxygens (including phenoxy) is 1. The van der Waals surface area contributed by atoms with Gasteiger partial charge in [-0.15, -0.1) is 0 Å². The summed E-state index contributed by atoms with van der Waals surface area (Å²) in [5, 5.41) is 0.630. The molecule has 0 saturated carbocycles. The van der Waals surface area contributed by atoms with Crippen molar-refractivity contribution in [3.8, 4) is 11.5 Å². The van der Waals surface area contributed by atoms with Crippen LogP contribution in [0.3, 0.4) is 0 Å². The Morgan fingerprint density at radius 3 is 2.42 bits per heavy atom. The fraction of sp³-hybridized carbons (Fsp3) is 0.312. The third-order valence-electron chi connectivity index (χ3n) is 2.52. The van der Waals surface area contributed by atoms with Crippen LogP contribution < -0.4 is 4.74 Å². The minimum Gasteiger partial charge on any atom is -0.454 e. The van der Waals surface area contributed by atoms with Crippen molar-refractivity contribution < 1.29 is 4.74 Å². The van der Waals surface area contributed by atoms with Gasteiger partial charge in [0.15, 0.2) is 0 Å². The molecule has 2 nitrogen and oxygen atoms in total. The highest BCUT2D eigenvalue weighted by Gasteiger charge is 2.04. The second-order valence-electron chi connectivity index (χ2n) is 3.86. The van der Waals surface area contributed by atoms with E-state index in [-0.39, 0.29) is 0 Å². The standard InChI is InChI=1S/C14H14ClNO.C2H6/c1-3-11-5-7-14(13(15)8-11)17-12-6-4-10(2)16-9-12;1-2/h4-9H,3H2,1-2H3;1-2H3. The summed E-state index contributed by atoms with van der Waals surface area (Å²) < 4.78 is 5.67. The lowest BCUT2D eigenvalue weighted by molar-refractivity contribution is 0.480. The molecular weight excluding hydrogens is 258 g/mol. The first-order valence-corrected chi connectivity index (χ1v) is 6.96. The molecule has 0 atom stereocenters. The van der Waals surface area contributed by atoms with Gasteiger partial charge in [0.1, 0.15) is 11.5 Å². The van der Waals surface area contributed by atoms with Gasteiger partial charge in [0.25, 0.3) is 0 Å². The molecule has 0 aliphatic carbocycles. The van der Waals surface area contributed by atoms with Crippen molar-refractivity contribution in [1.82, 2.24) is 4.98 Å². The molecule has 0 amide bonds. The maximum atomic E-state index is 6.14. The van der Waals surface area contributed by atoms with Crippen LogP contribution in [-0.4, -0.2) is 4.98 Å². The highest BCUT2D eigenvalue weighted by Crippen LogP contribution is 2.29. The van der Waals surface area contributed by atoms with Crippen LogP contribution in [0.4, 0.5) is 0 Å². The summed E-state index contributed by atoms with van der Waals surface area (Å²) >= 11 is 6.14. The van der Waals surface area contributed by atoms with Gasteiger partial charge in [0, 0.05) is 5.69 Å². The summed E-state index contributed by atoms with van der Waals surface area (Å²) in [4.78, 5) is 4.17. The van der Waals surface area contributed by atoms with Crippen molar-refractivity contribution in [1.29, 1.82) is 0 Å². The zero-order chi connectivity index (χ0) is 14.3. The minimum absolute atomic E-state index is 0.630. The zero-order valence-corrected chi connectivity index (χ0v) is 12.7.